The summed E-state index contributed by atoms with van der Waals surface area (Å²) in [4.78, 5) is 28.0. The van der Waals surface area contributed by atoms with Crippen molar-refractivity contribution in [2.45, 2.75) is 18.1 Å². The van der Waals surface area contributed by atoms with Gasteiger partial charge in [0.1, 0.15) is 5.82 Å². The summed E-state index contributed by atoms with van der Waals surface area (Å²) >= 11 is 7.02. The third-order valence-corrected chi connectivity index (χ3v) is 5.18. The normalized spacial score (nSPS) is 10.6. The molecule has 0 radical (unpaired) electrons. The van der Waals surface area contributed by atoms with Crippen LogP contribution in [0.3, 0.4) is 0 Å². The number of nitrogens with one attached hydrogen (secondary N) is 1. The van der Waals surface area contributed by atoms with Gasteiger partial charge in [0.05, 0.1) is 5.75 Å². The van der Waals surface area contributed by atoms with Gasteiger partial charge < -0.3 is 15.6 Å². The minimum atomic E-state index is -0.422. The molecule has 0 aliphatic heterocycles. The number of aryl methyl sites for hydroxylation is 1. The molecule has 1 heterocycles. The minimum Gasteiger partial charge on any atom is -0.385 e. The third-order valence-electron chi connectivity index (χ3n) is 3.95. The molecule has 144 valence electrons. The molecule has 0 atom stereocenters. The van der Waals surface area contributed by atoms with Crippen molar-refractivity contribution in [3.8, 4) is 0 Å². The lowest BCUT2D eigenvalue weighted by Gasteiger charge is -2.14. The van der Waals surface area contributed by atoms with E-state index in [0.29, 0.717) is 28.2 Å². The number of benzene rings is 2. The second kappa shape index (κ2) is 9.43. The number of nitrogen functional groups attached to an aromatic ring is 1. The van der Waals surface area contributed by atoms with E-state index in [1.807, 2.05) is 30.3 Å². The second-order valence-electron chi connectivity index (χ2n) is 6.03. The van der Waals surface area contributed by atoms with Crippen molar-refractivity contribution in [2.75, 3.05) is 16.8 Å². The molecule has 6 nitrogen and oxygen atoms in total. The molecule has 1 aromatic heterocycles. The molecule has 3 aromatic rings. The van der Waals surface area contributed by atoms with E-state index < -0.39 is 5.56 Å². The number of carbonyl (C=O) groups is 1. The topological polar surface area (TPSA) is 90.0 Å². The third kappa shape index (κ3) is 5.61. The number of nitrogens with zero attached hydrogens (tertiary/aromatic N) is 2. The monoisotopic (exact) mass is 414 g/mol. The molecule has 3 rings (SSSR count). The van der Waals surface area contributed by atoms with Crippen molar-refractivity contribution in [1.82, 2.24) is 9.55 Å². The average molecular weight is 415 g/mol. The van der Waals surface area contributed by atoms with Crippen molar-refractivity contribution in [2.24, 2.45) is 0 Å². The van der Waals surface area contributed by atoms with Crippen LogP contribution in [0.15, 0.2) is 70.6 Å². The van der Waals surface area contributed by atoms with E-state index in [-0.39, 0.29) is 11.7 Å². The molecule has 0 aliphatic rings. The predicted molar refractivity (Wildman–Crippen MR) is 114 cm³/mol. The highest BCUT2D eigenvalue weighted by Gasteiger charge is 2.11. The van der Waals surface area contributed by atoms with Crippen LogP contribution in [0.25, 0.3) is 0 Å². The lowest BCUT2D eigenvalue weighted by molar-refractivity contribution is -0.113. The highest BCUT2D eigenvalue weighted by atomic mass is 35.5. The fourth-order valence-corrected chi connectivity index (χ4v) is 3.55. The molecule has 0 bridgehead atoms. The molecule has 0 saturated heterocycles. The van der Waals surface area contributed by atoms with Gasteiger partial charge in [-0.15, -0.1) is 0 Å². The SMILES string of the molecule is Nc1cc(=O)nc(SCC(=O)Nc2ccc(Cl)cc2)n1CCc1ccccc1. The molecule has 28 heavy (non-hydrogen) atoms. The summed E-state index contributed by atoms with van der Waals surface area (Å²) in [7, 11) is 0. The van der Waals surface area contributed by atoms with Crippen LogP contribution in [0.4, 0.5) is 11.5 Å². The Hall–Kier alpha value is -2.77. The molecule has 0 unspecified atom stereocenters. The first-order chi connectivity index (χ1) is 13.5. The van der Waals surface area contributed by atoms with Gasteiger partial charge in [0.25, 0.3) is 5.56 Å². The van der Waals surface area contributed by atoms with Crippen LogP contribution >= 0.6 is 23.4 Å². The molecule has 2 aromatic carbocycles. The van der Waals surface area contributed by atoms with Gasteiger partial charge in [-0.1, -0.05) is 53.7 Å². The maximum Gasteiger partial charge on any atom is 0.275 e. The Morgan fingerprint density at radius 2 is 1.86 bits per heavy atom. The fourth-order valence-electron chi connectivity index (χ4n) is 2.58. The first kappa shape index (κ1) is 20.0. The van der Waals surface area contributed by atoms with Crippen molar-refractivity contribution >= 4 is 40.8 Å². The molecule has 3 N–H and O–H groups in total. The number of thioether (sulfide) groups is 1. The molecule has 0 saturated carbocycles. The smallest absolute Gasteiger partial charge is 0.275 e. The molecule has 0 aliphatic carbocycles. The Kier molecular flexibility index (Phi) is 6.73. The van der Waals surface area contributed by atoms with Gasteiger partial charge in [-0.25, -0.2) is 0 Å². The van der Waals surface area contributed by atoms with E-state index in [0.717, 1.165) is 12.0 Å². The van der Waals surface area contributed by atoms with Crippen molar-refractivity contribution in [3.05, 3.63) is 81.6 Å². The molecule has 0 fully saturated rings. The van der Waals surface area contributed by atoms with E-state index in [2.05, 4.69) is 10.3 Å². The number of nitrogens with two attached hydrogens (primary N) is 1. The van der Waals surface area contributed by atoms with Gasteiger partial charge in [0, 0.05) is 23.3 Å². The van der Waals surface area contributed by atoms with Gasteiger partial charge in [-0.05, 0) is 36.2 Å². The van der Waals surface area contributed by atoms with Gasteiger partial charge in [0.15, 0.2) is 5.16 Å². The average Bonchev–Trinajstić information content (AvgIpc) is 2.68. The number of anilines is 2. The molecular weight excluding hydrogens is 396 g/mol. The zero-order valence-electron chi connectivity index (χ0n) is 15.0. The quantitative estimate of drug-likeness (QED) is 0.456. The van der Waals surface area contributed by atoms with E-state index >= 15 is 0 Å². The number of halogens is 1. The summed E-state index contributed by atoms with van der Waals surface area (Å²) in [5.74, 6) is 0.222. The van der Waals surface area contributed by atoms with Crippen molar-refractivity contribution in [3.63, 3.8) is 0 Å². The van der Waals surface area contributed by atoms with Crippen molar-refractivity contribution in [1.29, 1.82) is 0 Å². The number of rotatable bonds is 7. The molecule has 0 spiro atoms. The highest BCUT2D eigenvalue weighted by Crippen LogP contribution is 2.19. The van der Waals surface area contributed by atoms with E-state index in [9.17, 15) is 9.59 Å². The van der Waals surface area contributed by atoms with E-state index in [1.54, 1.807) is 28.8 Å². The van der Waals surface area contributed by atoms with Crippen LogP contribution in [0, 0.1) is 0 Å². The number of hydrogen-bond acceptors (Lipinski definition) is 5. The van der Waals surface area contributed by atoms with Crippen LogP contribution < -0.4 is 16.6 Å². The van der Waals surface area contributed by atoms with Gasteiger partial charge in [-0.2, -0.15) is 4.98 Å². The zero-order valence-corrected chi connectivity index (χ0v) is 16.5. The first-order valence-electron chi connectivity index (χ1n) is 8.61. The van der Waals surface area contributed by atoms with Crippen LogP contribution in [-0.4, -0.2) is 21.2 Å². The first-order valence-corrected chi connectivity index (χ1v) is 9.97. The van der Waals surface area contributed by atoms with Gasteiger partial charge >= 0.3 is 0 Å². The molecule has 1 amide bonds. The zero-order chi connectivity index (χ0) is 19.9. The Labute approximate surface area is 171 Å². The number of hydrogen-bond donors (Lipinski definition) is 2. The van der Waals surface area contributed by atoms with E-state index in [1.165, 1.54) is 17.8 Å². The summed E-state index contributed by atoms with van der Waals surface area (Å²) < 4.78 is 1.76. The Morgan fingerprint density at radius 3 is 2.57 bits per heavy atom. The van der Waals surface area contributed by atoms with Crippen LogP contribution in [0.5, 0.6) is 0 Å². The minimum absolute atomic E-state index is 0.101. The summed E-state index contributed by atoms with van der Waals surface area (Å²) in [6, 6.07) is 18.1. The summed E-state index contributed by atoms with van der Waals surface area (Å²) in [5.41, 5.74) is 7.40. The Balaban J connectivity index is 1.67. The second-order valence-corrected chi connectivity index (χ2v) is 7.41. The van der Waals surface area contributed by atoms with Crippen LogP contribution in [-0.2, 0) is 17.8 Å². The van der Waals surface area contributed by atoms with Gasteiger partial charge in [0.2, 0.25) is 5.91 Å². The standard InChI is InChI=1S/C20H19ClN4O2S/c21-15-6-8-16(9-7-15)23-19(27)13-28-20-24-18(26)12-17(22)25(20)11-10-14-4-2-1-3-5-14/h1-9,12H,10-11,13,22H2,(H,23,27). The molecular formula is C20H19ClN4O2S. The van der Waals surface area contributed by atoms with Crippen LogP contribution in [0.1, 0.15) is 5.56 Å². The predicted octanol–water partition coefficient (Wildman–Crippen LogP) is 3.45. The lowest BCUT2D eigenvalue weighted by atomic mass is 10.1. The van der Waals surface area contributed by atoms with Gasteiger partial charge in [-0.3, -0.25) is 9.59 Å². The largest absolute Gasteiger partial charge is 0.385 e. The van der Waals surface area contributed by atoms with Crippen LogP contribution in [0.2, 0.25) is 5.02 Å². The number of aromatic nitrogens is 2. The fraction of sp³-hybridized carbons (Fsp3) is 0.150. The summed E-state index contributed by atoms with van der Waals surface area (Å²) in [6.45, 7) is 0.560. The summed E-state index contributed by atoms with van der Waals surface area (Å²) in [5, 5.41) is 3.80. The van der Waals surface area contributed by atoms with E-state index in [4.69, 9.17) is 17.3 Å². The van der Waals surface area contributed by atoms with Crippen molar-refractivity contribution < 1.29 is 4.79 Å². The Bertz CT molecular complexity index is 1010. The molecule has 8 heteroatoms. The summed E-state index contributed by atoms with van der Waals surface area (Å²) in [6.07, 6.45) is 0.736. The lowest BCUT2D eigenvalue weighted by Crippen LogP contribution is -2.20. The highest BCUT2D eigenvalue weighted by molar-refractivity contribution is 7.99. The Morgan fingerprint density at radius 1 is 1.14 bits per heavy atom. The number of carbonyl (C=O) groups excluding carboxylic acids is 1. The maximum absolute atomic E-state index is 12.2. The number of amides is 1. The maximum atomic E-state index is 12.2.